The summed E-state index contributed by atoms with van der Waals surface area (Å²) < 4.78 is 0.806. The first-order valence-electron chi connectivity index (χ1n) is 5.95. The van der Waals surface area contributed by atoms with Crippen molar-refractivity contribution in [2.75, 3.05) is 18.2 Å². The van der Waals surface area contributed by atoms with Crippen LogP contribution in [-0.2, 0) is 6.54 Å². The molecule has 106 valence electrons. The second kappa shape index (κ2) is 6.80. The number of halogens is 1. The predicted molar refractivity (Wildman–Crippen MR) is 95.5 cm³/mol. The highest BCUT2D eigenvalue weighted by atomic mass is 35.5. The highest BCUT2D eigenvalue weighted by Gasteiger charge is 2.14. The van der Waals surface area contributed by atoms with Crippen LogP contribution in [0.25, 0.3) is 0 Å². The van der Waals surface area contributed by atoms with Gasteiger partial charge in [-0.05, 0) is 30.5 Å². The number of thiocarbonyl (C=S) groups is 1. The molecule has 0 aliphatic rings. The highest BCUT2D eigenvalue weighted by Crippen LogP contribution is 2.31. The number of nitrogens with zero attached hydrogens (tertiary/aromatic N) is 1. The van der Waals surface area contributed by atoms with Gasteiger partial charge in [-0.15, -0.1) is 23.1 Å². The molecule has 20 heavy (non-hydrogen) atoms. The molecular formula is C14H15ClN2S3. The molecule has 0 amide bonds. The smallest absolute Gasteiger partial charge is 0.107 e. The fourth-order valence-corrected chi connectivity index (χ4v) is 4.06. The topological polar surface area (TPSA) is 29.3 Å². The van der Waals surface area contributed by atoms with E-state index >= 15 is 0 Å². The molecular weight excluding hydrogens is 328 g/mol. The Morgan fingerprint density at radius 2 is 2.15 bits per heavy atom. The van der Waals surface area contributed by atoms with Crippen LogP contribution in [0.1, 0.15) is 10.4 Å². The molecule has 0 saturated heterocycles. The second-order valence-electron chi connectivity index (χ2n) is 4.28. The number of benzene rings is 1. The van der Waals surface area contributed by atoms with E-state index in [2.05, 4.69) is 4.90 Å². The average molecular weight is 343 g/mol. The van der Waals surface area contributed by atoms with Crippen LogP contribution in [-0.4, -0.2) is 18.3 Å². The SMILES string of the molecule is CSc1cccc(N(C)Cc2ccc(Cl)s2)c1C(N)=S. The van der Waals surface area contributed by atoms with Crippen LogP contribution >= 0.6 is 46.9 Å². The van der Waals surface area contributed by atoms with Gasteiger partial charge >= 0.3 is 0 Å². The summed E-state index contributed by atoms with van der Waals surface area (Å²) in [6.07, 6.45) is 2.03. The summed E-state index contributed by atoms with van der Waals surface area (Å²) in [5.74, 6) is 0. The minimum atomic E-state index is 0.431. The van der Waals surface area contributed by atoms with Crippen molar-refractivity contribution in [2.45, 2.75) is 11.4 Å². The van der Waals surface area contributed by atoms with Crippen LogP contribution in [0.4, 0.5) is 5.69 Å². The van der Waals surface area contributed by atoms with Crippen molar-refractivity contribution < 1.29 is 0 Å². The zero-order chi connectivity index (χ0) is 14.7. The molecule has 6 heteroatoms. The predicted octanol–water partition coefficient (Wildman–Crippen LogP) is 4.39. The van der Waals surface area contributed by atoms with Crippen molar-refractivity contribution in [3.8, 4) is 0 Å². The van der Waals surface area contributed by atoms with Crippen LogP contribution in [0.2, 0.25) is 4.34 Å². The molecule has 1 aromatic heterocycles. The number of hydrogen-bond donors (Lipinski definition) is 1. The Hall–Kier alpha value is -0.750. The van der Waals surface area contributed by atoms with E-state index in [4.69, 9.17) is 29.6 Å². The Morgan fingerprint density at radius 3 is 2.70 bits per heavy atom. The van der Waals surface area contributed by atoms with Crippen molar-refractivity contribution in [3.05, 3.63) is 45.1 Å². The normalized spacial score (nSPS) is 10.6. The van der Waals surface area contributed by atoms with Crippen molar-refractivity contribution in [1.29, 1.82) is 0 Å². The van der Waals surface area contributed by atoms with Gasteiger partial charge in [-0.2, -0.15) is 0 Å². The maximum atomic E-state index is 5.98. The molecule has 0 aliphatic heterocycles. The van der Waals surface area contributed by atoms with E-state index in [-0.39, 0.29) is 0 Å². The molecule has 0 unspecified atom stereocenters. The van der Waals surface area contributed by atoms with E-state index in [1.54, 1.807) is 23.1 Å². The Labute approximate surface area is 137 Å². The minimum Gasteiger partial charge on any atom is -0.389 e. The molecule has 0 atom stereocenters. The lowest BCUT2D eigenvalue weighted by Gasteiger charge is -2.23. The third kappa shape index (κ3) is 3.47. The number of hydrogen-bond acceptors (Lipinski definition) is 4. The van der Waals surface area contributed by atoms with Gasteiger partial charge in [0.05, 0.1) is 10.9 Å². The van der Waals surface area contributed by atoms with Gasteiger partial charge in [0, 0.05) is 28.1 Å². The van der Waals surface area contributed by atoms with Crippen LogP contribution in [0, 0.1) is 0 Å². The van der Waals surface area contributed by atoms with Gasteiger partial charge in [0.15, 0.2) is 0 Å². The first-order valence-corrected chi connectivity index (χ1v) is 8.78. The second-order valence-corrected chi connectivity index (χ2v) is 7.37. The van der Waals surface area contributed by atoms with Crippen molar-refractivity contribution in [1.82, 2.24) is 0 Å². The van der Waals surface area contributed by atoms with E-state index in [0.717, 1.165) is 27.0 Å². The molecule has 1 heterocycles. The van der Waals surface area contributed by atoms with Gasteiger partial charge in [0.25, 0.3) is 0 Å². The summed E-state index contributed by atoms with van der Waals surface area (Å²) in [5, 5.41) is 0. The first-order chi connectivity index (χ1) is 9.52. The van der Waals surface area contributed by atoms with E-state index < -0.39 is 0 Å². The quantitative estimate of drug-likeness (QED) is 0.644. The highest BCUT2D eigenvalue weighted by molar-refractivity contribution is 7.98. The Balaban J connectivity index is 2.34. The molecule has 0 saturated carbocycles. The number of thiophene rings is 1. The number of nitrogens with two attached hydrogens (primary N) is 1. The van der Waals surface area contributed by atoms with E-state index in [1.165, 1.54) is 4.88 Å². The molecule has 2 nitrogen and oxygen atoms in total. The van der Waals surface area contributed by atoms with Crippen LogP contribution in [0.5, 0.6) is 0 Å². The molecule has 0 spiro atoms. The number of thioether (sulfide) groups is 1. The maximum absolute atomic E-state index is 5.98. The number of rotatable bonds is 5. The largest absolute Gasteiger partial charge is 0.389 e. The maximum Gasteiger partial charge on any atom is 0.107 e. The Morgan fingerprint density at radius 1 is 1.40 bits per heavy atom. The van der Waals surface area contributed by atoms with Crippen molar-refractivity contribution in [2.24, 2.45) is 5.73 Å². The van der Waals surface area contributed by atoms with Crippen LogP contribution in [0.15, 0.2) is 35.2 Å². The lowest BCUT2D eigenvalue weighted by molar-refractivity contribution is 0.935. The summed E-state index contributed by atoms with van der Waals surface area (Å²) in [5.41, 5.74) is 7.89. The standard InChI is InChI=1S/C14H15ClN2S3/c1-17(8-9-6-7-12(15)20-9)10-4-3-5-11(19-2)13(10)14(16)18/h3-7H,8H2,1-2H3,(H2,16,18). The number of anilines is 1. The molecule has 0 fully saturated rings. The Bertz CT molecular complexity index is 625. The summed E-state index contributed by atoms with van der Waals surface area (Å²) in [6, 6.07) is 10.1. The van der Waals surface area contributed by atoms with Crippen molar-refractivity contribution >= 4 is 57.6 Å². The summed E-state index contributed by atoms with van der Waals surface area (Å²) in [6.45, 7) is 0.783. The summed E-state index contributed by atoms with van der Waals surface area (Å²) in [4.78, 5) is 4.89. The van der Waals surface area contributed by atoms with Gasteiger partial charge in [0.2, 0.25) is 0 Å². The van der Waals surface area contributed by atoms with Crippen LogP contribution < -0.4 is 10.6 Å². The molecule has 0 aliphatic carbocycles. The van der Waals surface area contributed by atoms with Gasteiger partial charge in [-0.25, -0.2) is 0 Å². The zero-order valence-corrected chi connectivity index (χ0v) is 14.4. The van der Waals surface area contributed by atoms with Crippen LogP contribution in [0.3, 0.4) is 0 Å². The first kappa shape index (κ1) is 15.6. The molecule has 2 N–H and O–H groups in total. The van der Waals surface area contributed by atoms with E-state index in [9.17, 15) is 0 Å². The van der Waals surface area contributed by atoms with Gasteiger partial charge in [0.1, 0.15) is 4.99 Å². The minimum absolute atomic E-state index is 0.431. The molecule has 2 rings (SSSR count). The van der Waals surface area contributed by atoms with Gasteiger partial charge in [-0.3, -0.25) is 0 Å². The molecule has 1 aromatic carbocycles. The van der Waals surface area contributed by atoms with Gasteiger partial charge in [-0.1, -0.05) is 29.9 Å². The molecule has 2 aromatic rings. The van der Waals surface area contributed by atoms with Crippen molar-refractivity contribution in [3.63, 3.8) is 0 Å². The summed E-state index contributed by atoms with van der Waals surface area (Å²) in [7, 11) is 2.04. The lowest BCUT2D eigenvalue weighted by atomic mass is 10.1. The third-order valence-electron chi connectivity index (χ3n) is 2.90. The zero-order valence-electron chi connectivity index (χ0n) is 11.2. The van der Waals surface area contributed by atoms with E-state index in [0.29, 0.717) is 4.99 Å². The average Bonchev–Trinajstić information content (AvgIpc) is 2.82. The Kier molecular flexibility index (Phi) is 5.32. The fourth-order valence-electron chi connectivity index (χ4n) is 2.01. The monoisotopic (exact) mass is 342 g/mol. The fraction of sp³-hybridized carbons (Fsp3) is 0.214. The van der Waals surface area contributed by atoms with E-state index in [1.807, 2.05) is 43.6 Å². The lowest BCUT2D eigenvalue weighted by Crippen LogP contribution is -2.21. The molecule has 0 radical (unpaired) electrons. The molecule has 0 bridgehead atoms. The van der Waals surface area contributed by atoms with Gasteiger partial charge < -0.3 is 10.6 Å². The summed E-state index contributed by atoms with van der Waals surface area (Å²) >= 11 is 14.4. The third-order valence-corrected chi connectivity index (χ3v) is 5.10.